The van der Waals surface area contributed by atoms with Crippen LogP contribution in [0.3, 0.4) is 0 Å². The summed E-state index contributed by atoms with van der Waals surface area (Å²) in [6.07, 6.45) is 4.16. The van der Waals surface area contributed by atoms with Crippen molar-refractivity contribution >= 4 is 29.9 Å². The van der Waals surface area contributed by atoms with Crippen LogP contribution in [0.25, 0.3) is 5.69 Å². The number of nitrogens with two attached hydrogens (primary N) is 1. The van der Waals surface area contributed by atoms with Crippen molar-refractivity contribution in [1.29, 1.82) is 0 Å². The van der Waals surface area contributed by atoms with Gasteiger partial charge in [0.2, 0.25) is 0 Å². The minimum atomic E-state index is 0. The van der Waals surface area contributed by atoms with Gasteiger partial charge in [0, 0.05) is 17.7 Å². The average molecular weight is 515 g/mol. The number of nitrogens with one attached hydrogen (secondary N) is 1. The molecule has 1 atom stereocenters. The maximum absolute atomic E-state index is 6.24. The van der Waals surface area contributed by atoms with Gasteiger partial charge >= 0.3 is 0 Å². The van der Waals surface area contributed by atoms with Crippen molar-refractivity contribution < 1.29 is 4.74 Å². The van der Waals surface area contributed by atoms with Crippen LogP contribution >= 0.6 is 24.0 Å². The van der Waals surface area contributed by atoms with Crippen LogP contribution in [0.1, 0.15) is 41.4 Å². The Bertz CT molecular complexity index is 1050. The lowest BCUT2D eigenvalue weighted by molar-refractivity contribution is 0.262. The number of guanidine groups is 1. The number of hydrogen-bond donors (Lipinski definition) is 2. The topological polar surface area (TPSA) is 77.5 Å². The van der Waals surface area contributed by atoms with Crippen LogP contribution in [-0.2, 0) is 19.4 Å². The van der Waals surface area contributed by atoms with Gasteiger partial charge in [-0.3, -0.25) is 0 Å². The first kappa shape index (κ1) is 20.7. The van der Waals surface area contributed by atoms with Gasteiger partial charge in [-0.1, -0.05) is 36.4 Å². The standard InChI is InChI=1S/C23H25N5O.HI/c24-23(26-19-13-14-29-22-12-5-4-9-18(19)22)25-15-20-17-10-6-11-21(17)28(27-20)16-7-2-1-3-8-16;/h1-5,7-9,12,19H,6,10-11,13-15H2,(H3,24,25,26);1H. The third kappa shape index (κ3) is 4.03. The Kier molecular flexibility index (Phi) is 6.26. The summed E-state index contributed by atoms with van der Waals surface area (Å²) in [6.45, 7) is 1.17. The van der Waals surface area contributed by atoms with Crippen molar-refractivity contribution in [1.82, 2.24) is 15.1 Å². The normalized spacial score (nSPS) is 17.5. The van der Waals surface area contributed by atoms with Crippen LogP contribution < -0.4 is 15.8 Å². The number of aromatic nitrogens is 2. The summed E-state index contributed by atoms with van der Waals surface area (Å²) < 4.78 is 7.80. The zero-order valence-electron chi connectivity index (χ0n) is 16.8. The average Bonchev–Trinajstić information content (AvgIpc) is 3.36. The van der Waals surface area contributed by atoms with Crippen molar-refractivity contribution in [2.45, 2.75) is 38.3 Å². The van der Waals surface area contributed by atoms with Crippen LogP contribution in [-0.4, -0.2) is 22.3 Å². The Morgan fingerprint density at radius 3 is 2.80 bits per heavy atom. The Morgan fingerprint density at radius 2 is 1.93 bits per heavy atom. The molecule has 3 aromatic rings. The van der Waals surface area contributed by atoms with Crippen LogP contribution in [0, 0.1) is 0 Å². The number of rotatable bonds is 4. The number of hydrogen-bond acceptors (Lipinski definition) is 3. The van der Waals surface area contributed by atoms with Crippen molar-refractivity contribution in [2.24, 2.45) is 10.7 Å². The molecule has 0 radical (unpaired) electrons. The van der Waals surface area contributed by atoms with E-state index in [4.69, 9.17) is 15.6 Å². The monoisotopic (exact) mass is 515 g/mol. The minimum absolute atomic E-state index is 0. The summed E-state index contributed by atoms with van der Waals surface area (Å²) >= 11 is 0. The van der Waals surface area contributed by atoms with E-state index in [9.17, 15) is 0 Å². The van der Waals surface area contributed by atoms with E-state index in [-0.39, 0.29) is 30.0 Å². The molecule has 1 aliphatic heterocycles. The summed E-state index contributed by atoms with van der Waals surface area (Å²) in [5.74, 6) is 1.37. The van der Waals surface area contributed by atoms with Crippen LogP contribution in [0.15, 0.2) is 59.6 Å². The van der Waals surface area contributed by atoms with Gasteiger partial charge in [-0.25, -0.2) is 9.67 Å². The quantitative estimate of drug-likeness (QED) is 0.314. The molecule has 1 aromatic heterocycles. The molecule has 0 fully saturated rings. The first-order valence-electron chi connectivity index (χ1n) is 10.2. The van der Waals surface area contributed by atoms with Crippen molar-refractivity contribution in [3.05, 3.63) is 77.1 Å². The summed E-state index contributed by atoms with van der Waals surface area (Å²) in [5, 5.41) is 8.23. The van der Waals surface area contributed by atoms with E-state index in [0.717, 1.165) is 42.0 Å². The number of fused-ring (bicyclic) bond motifs is 2. The smallest absolute Gasteiger partial charge is 0.189 e. The molecule has 1 unspecified atom stereocenters. The fourth-order valence-electron chi connectivity index (χ4n) is 4.30. The van der Waals surface area contributed by atoms with E-state index in [1.54, 1.807) is 0 Å². The van der Waals surface area contributed by atoms with Gasteiger partial charge in [0.25, 0.3) is 0 Å². The first-order chi connectivity index (χ1) is 14.3. The maximum Gasteiger partial charge on any atom is 0.189 e. The van der Waals surface area contributed by atoms with E-state index in [2.05, 4.69) is 33.2 Å². The van der Waals surface area contributed by atoms with Gasteiger partial charge in [0.15, 0.2) is 5.96 Å². The predicted octanol–water partition coefficient (Wildman–Crippen LogP) is 3.91. The largest absolute Gasteiger partial charge is 0.493 e. The van der Waals surface area contributed by atoms with E-state index in [0.29, 0.717) is 19.1 Å². The van der Waals surface area contributed by atoms with Gasteiger partial charge in [-0.15, -0.1) is 24.0 Å². The lowest BCUT2D eigenvalue weighted by Gasteiger charge is -2.26. The van der Waals surface area contributed by atoms with Crippen molar-refractivity contribution in [3.63, 3.8) is 0 Å². The second-order valence-electron chi connectivity index (χ2n) is 7.55. The summed E-state index contributed by atoms with van der Waals surface area (Å²) in [6, 6.07) is 18.5. The molecule has 7 heteroatoms. The highest BCUT2D eigenvalue weighted by Crippen LogP contribution is 2.31. The third-order valence-corrected chi connectivity index (χ3v) is 5.69. The van der Waals surface area contributed by atoms with Crippen LogP contribution in [0.4, 0.5) is 0 Å². The Morgan fingerprint density at radius 1 is 1.13 bits per heavy atom. The lowest BCUT2D eigenvalue weighted by atomic mass is 10.0. The second-order valence-corrected chi connectivity index (χ2v) is 7.55. The SMILES string of the molecule is I.NC(=NCc1nn(-c2ccccc2)c2c1CCC2)NC1CCOc2ccccc21. The van der Waals surface area contributed by atoms with Gasteiger partial charge in [0.1, 0.15) is 5.75 Å². The highest BCUT2D eigenvalue weighted by Gasteiger charge is 2.24. The fraction of sp³-hybridized carbons (Fsp3) is 0.304. The lowest BCUT2D eigenvalue weighted by Crippen LogP contribution is -2.37. The van der Waals surface area contributed by atoms with E-state index < -0.39 is 0 Å². The zero-order chi connectivity index (χ0) is 19.6. The van der Waals surface area contributed by atoms with Gasteiger partial charge in [0.05, 0.1) is 30.6 Å². The van der Waals surface area contributed by atoms with E-state index in [1.807, 2.05) is 36.4 Å². The van der Waals surface area contributed by atoms with Gasteiger partial charge < -0.3 is 15.8 Å². The number of ether oxygens (including phenoxy) is 1. The molecule has 3 N–H and O–H groups in total. The fourth-order valence-corrected chi connectivity index (χ4v) is 4.30. The number of halogens is 1. The molecule has 0 saturated heterocycles. The highest BCUT2D eigenvalue weighted by molar-refractivity contribution is 14.0. The molecule has 1 aliphatic carbocycles. The summed E-state index contributed by atoms with van der Waals surface area (Å²) in [4.78, 5) is 4.61. The number of nitrogens with zero attached hydrogens (tertiary/aromatic N) is 3. The highest BCUT2D eigenvalue weighted by atomic mass is 127. The number of benzene rings is 2. The van der Waals surface area contributed by atoms with E-state index in [1.165, 1.54) is 17.7 Å². The molecule has 5 rings (SSSR count). The Labute approximate surface area is 193 Å². The molecule has 0 bridgehead atoms. The number of para-hydroxylation sites is 2. The molecule has 0 spiro atoms. The maximum atomic E-state index is 6.24. The Hall–Kier alpha value is -2.55. The molecule has 0 amide bonds. The predicted molar refractivity (Wildman–Crippen MR) is 129 cm³/mol. The third-order valence-electron chi connectivity index (χ3n) is 5.69. The van der Waals surface area contributed by atoms with Crippen LogP contribution in [0.2, 0.25) is 0 Å². The number of aliphatic imine (C=N–C) groups is 1. The zero-order valence-corrected chi connectivity index (χ0v) is 19.1. The molecule has 2 aliphatic rings. The molecular weight excluding hydrogens is 489 g/mol. The van der Waals surface area contributed by atoms with Crippen molar-refractivity contribution in [2.75, 3.05) is 6.61 Å². The Balaban J connectivity index is 0.00000218. The summed E-state index contributed by atoms with van der Waals surface area (Å²) in [5.41, 5.74) is 12.1. The van der Waals surface area contributed by atoms with E-state index >= 15 is 0 Å². The molecule has 0 saturated carbocycles. The molecule has 156 valence electrons. The molecule has 6 nitrogen and oxygen atoms in total. The summed E-state index contributed by atoms with van der Waals surface area (Å²) in [7, 11) is 0. The van der Waals surface area contributed by atoms with Gasteiger partial charge in [-0.05, 0) is 43.0 Å². The molecule has 2 heterocycles. The first-order valence-corrected chi connectivity index (χ1v) is 10.2. The second kappa shape index (κ2) is 9.07. The molecular formula is C23H26IN5O. The molecule has 30 heavy (non-hydrogen) atoms. The van der Waals surface area contributed by atoms with Crippen LogP contribution in [0.5, 0.6) is 5.75 Å². The molecule has 2 aromatic carbocycles. The minimum Gasteiger partial charge on any atom is -0.493 e. The van der Waals surface area contributed by atoms with Crippen molar-refractivity contribution in [3.8, 4) is 11.4 Å². The van der Waals surface area contributed by atoms with Gasteiger partial charge in [-0.2, -0.15) is 5.10 Å².